The number of piperidine rings is 2. The van der Waals surface area contributed by atoms with Crippen molar-refractivity contribution in [2.45, 2.75) is 63.5 Å². The molecule has 3 rings (SSSR count). The normalized spacial score (nSPS) is 36.9. The van der Waals surface area contributed by atoms with Gasteiger partial charge in [-0.05, 0) is 51.0 Å². The average Bonchev–Trinajstić information content (AvgIpc) is 2.53. The third-order valence-corrected chi connectivity index (χ3v) is 5.56. The van der Waals surface area contributed by atoms with Gasteiger partial charge in [0.15, 0.2) is 0 Å². The van der Waals surface area contributed by atoms with Gasteiger partial charge in [-0.25, -0.2) is 4.79 Å². The van der Waals surface area contributed by atoms with Crippen molar-refractivity contribution in [3.8, 4) is 0 Å². The largest absolute Gasteiger partial charge is 0.480 e. The highest BCUT2D eigenvalue weighted by atomic mass is 16.4. The highest BCUT2D eigenvalue weighted by Gasteiger charge is 2.45. The number of carboxylic acid groups (broad SMARTS) is 1. The standard InChI is InChI=1S/C16H26N2O3/c19-15(12-5-3-9-17-10-12)18-13-6-2-1-4-11(13)7-8-14(18)16(20)21/h11-14,17H,1-10H2,(H,20,21). The van der Waals surface area contributed by atoms with Gasteiger partial charge in [-0.15, -0.1) is 0 Å². The first kappa shape index (κ1) is 14.8. The lowest BCUT2D eigenvalue weighted by Gasteiger charge is -2.48. The van der Waals surface area contributed by atoms with Crippen molar-refractivity contribution < 1.29 is 14.7 Å². The van der Waals surface area contributed by atoms with E-state index in [1.807, 2.05) is 0 Å². The number of likely N-dealkylation sites (tertiary alicyclic amines) is 1. The Labute approximate surface area is 126 Å². The zero-order valence-corrected chi connectivity index (χ0v) is 12.6. The van der Waals surface area contributed by atoms with Crippen LogP contribution in [0.1, 0.15) is 51.4 Å². The van der Waals surface area contributed by atoms with Gasteiger partial charge in [-0.3, -0.25) is 4.79 Å². The summed E-state index contributed by atoms with van der Waals surface area (Å²) in [5, 5.41) is 12.8. The molecule has 4 atom stereocenters. The van der Waals surface area contributed by atoms with Crippen LogP contribution in [0.25, 0.3) is 0 Å². The van der Waals surface area contributed by atoms with Crippen LogP contribution in [-0.4, -0.2) is 47.1 Å². The van der Waals surface area contributed by atoms with E-state index in [1.165, 1.54) is 6.42 Å². The van der Waals surface area contributed by atoms with Crippen molar-refractivity contribution in [2.75, 3.05) is 13.1 Å². The number of fused-ring (bicyclic) bond motifs is 1. The molecule has 0 aromatic rings. The number of carbonyl (C=O) groups is 2. The number of hydrogen-bond acceptors (Lipinski definition) is 3. The van der Waals surface area contributed by atoms with Crippen LogP contribution < -0.4 is 5.32 Å². The second-order valence-electron chi connectivity index (χ2n) is 6.83. The van der Waals surface area contributed by atoms with E-state index in [9.17, 15) is 14.7 Å². The van der Waals surface area contributed by atoms with Crippen LogP contribution >= 0.6 is 0 Å². The van der Waals surface area contributed by atoms with Gasteiger partial charge in [0.25, 0.3) is 0 Å². The minimum Gasteiger partial charge on any atom is -0.480 e. The lowest BCUT2D eigenvalue weighted by molar-refractivity contribution is -0.160. The molecular weight excluding hydrogens is 268 g/mol. The van der Waals surface area contributed by atoms with Crippen LogP contribution in [0.4, 0.5) is 0 Å². The molecule has 0 bridgehead atoms. The summed E-state index contributed by atoms with van der Waals surface area (Å²) in [6, 6.07) is -0.429. The Morgan fingerprint density at radius 1 is 1.00 bits per heavy atom. The molecule has 3 aliphatic rings. The number of rotatable bonds is 2. The SMILES string of the molecule is O=C(O)C1CCC2CCCCC2N1C(=O)C1CCCNC1. The van der Waals surface area contributed by atoms with Gasteiger partial charge in [0, 0.05) is 12.6 Å². The van der Waals surface area contributed by atoms with Gasteiger partial charge >= 0.3 is 5.97 Å². The van der Waals surface area contributed by atoms with Crippen molar-refractivity contribution in [3.05, 3.63) is 0 Å². The first-order valence-corrected chi connectivity index (χ1v) is 8.44. The van der Waals surface area contributed by atoms with Crippen molar-refractivity contribution in [2.24, 2.45) is 11.8 Å². The summed E-state index contributed by atoms with van der Waals surface area (Å²) in [6.45, 7) is 1.68. The molecule has 1 amide bonds. The molecule has 0 aromatic heterocycles. The second kappa shape index (κ2) is 6.34. The highest BCUT2D eigenvalue weighted by molar-refractivity contribution is 5.86. The smallest absolute Gasteiger partial charge is 0.326 e. The molecular formula is C16H26N2O3. The molecule has 2 N–H and O–H groups in total. The van der Waals surface area contributed by atoms with E-state index in [1.54, 1.807) is 4.90 Å². The fourth-order valence-electron chi connectivity index (χ4n) is 4.47. The van der Waals surface area contributed by atoms with Crippen molar-refractivity contribution in [3.63, 3.8) is 0 Å². The maximum Gasteiger partial charge on any atom is 0.326 e. The predicted molar refractivity (Wildman–Crippen MR) is 78.8 cm³/mol. The van der Waals surface area contributed by atoms with E-state index in [0.29, 0.717) is 18.9 Å². The Balaban J connectivity index is 1.81. The number of carbonyl (C=O) groups excluding carboxylic acids is 1. The molecule has 0 aromatic carbocycles. The molecule has 21 heavy (non-hydrogen) atoms. The quantitative estimate of drug-likeness (QED) is 0.812. The fraction of sp³-hybridized carbons (Fsp3) is 0.875. The number of amides is 1. The lowest BCUT2D eigenvalue weighted by Crippen LogP contribution is -2.59. The highest BCUT2D eigenvalue weighted by Crippen LogP contribution is 2.39. The topological polar surface area (TPSA) is 69.6 Å². The first-order valence-electron chi connectivity index (χ1n) is 8.44. The van der Waals surface area contributed by atoms with Gasteiger partial charge < -0.3 is 15.3 Å². The summed E-state index contributed by atoms with van der Waals surface area (Å²) in [4.78, 5) is 26.3. The Kier molecular flexibility index (Phi) is 4.48. The molecule has 1 saturated carbocycles. The molecule has 2 heterocycles. The van der Waals surface area contributed by atoms with E-state index < -0.39 is 12.0 Å². The molecule has 3 fully saturated rings. The van der Waals surface area contributed by atoms with Crippen molar-refractivity contribution in [1.29, 1.82) is 0 Å². The monoisotopic (exact) mass is 294 g/mol. The molecule has 4 unspecified atom stereocenters. The van der Waals surface area contributed by atoms with Crippen molar-refractivity contribution >= 4 is 11.9 Å². The minimum atomic E-state index is -0.823. The van der Waals surface area contributed by atoms with Crippen LogP contribution in [0.5, 0.6) is 0 Å². The summed E-state index contributed by atoms with van der Waals surface area (Å²) in [5.74, 6) is -0.238. The summed E-state index contributed by atoms with van der Waals surface area (Å²) >= 11 is 0. The molecule has 0 spiro atoms. The van der Waals surface area contributed by atoms with E-state index in [4.69, 9.17) is 0 Å². The number of nitrogens with zero attached hydrogens (tertiary/aromatic N) is 1. The summed E-state index contributed by atoms with van der Waals surface area (Å²) < 4.78 is 0. The Hall–Kier alpha value is -1.10. The molecule has 0 radical (unpaired) electrons. The molecule has 2 saturated heterocycles. The van der Waals surface area contributed by atoms with Gasteiger partial charge in [0.05, 0.1) is 5.92 Å². The van der Waals surface area contributed by atoms with Crippen LogP contribution in [0.2, 0.25) is 0 Å². The van der Waals surface area contributed by atoms with Crippen LogP contribution in [0.15, 0.2) is 0 Å². The van der Waals surface area contributed by atoms with Gasteiger partial charge in [0.1, 0.15) is 6.04 Å². The van der Waals surface area contributed by atoms with E-state index in [2.05, 4.69) is 5.32 Å². The first-order chi connectivity index (χ1) is 10.2. The third kappa shape index (κ3) is 2.93. The van der Waals surface area contributed by atoms with Gasteiger partial charge in [0.2, 0.25) is 5.91 Å². The number of aliphatic carboxylic acids is 1. The Bertz CT molecular complexity index is 406. The van der Waals surface area contributed by atoms with Crippen LogP contribution in [0.3, 0.4) is 0 Å². The summed E-state index contributed by atoms with van der Waals surface area (Å²) in [7, 11) is 0. The van der Waals surface area contributed by atoms with Crippen LogP contribution in [0, 0.1) is 11.8 Å². The number of nitrogens with one attached hydrogen (secondary N) is 1. The molecule has 5 nitrogen and oxygen atoms in total. The Morgan fingerprint density at radius 3 is 2.52 bits per heavy atom. The lowest BCUT2D eigenvalue weighted by atomic mass is 9.75. The van der Waals surface area contributed by atoms with Gasteiger partial charge in [-0.1, -0.05) is 12.8 Å². The molecule has 118 valence electrons. The third-order valence-electron chi connectivity index (χ3n) is 5.56. The van der Waals surface area contributed by atoms with Crippen LogP contribution in [-0.2, 0) is 9.59 Å². The maximum atomic E-state index is 12.9. The molecule has 2 aliphatic heterocycles. The zero-order chi connectivity index (χ0) is 14.8. The molecule has 1 aliphatic carbocycles. The molecule has 5 heteroatoms. The second-order valence-corrected chi connectivity index (χ2v) is 6.83. The predicted octanol–water partition coefficient (Wildman–Crippen LogP) is 1.62. The average molecular weight is 294 g/mol. The van der Waals surface area contributed by atoms with Crippen molar-refractivity contribution in [1.82, 2.24) is 10.2 Å². The summed E-state index contributed by atoms with van der Waals surface area (Å²) in [5.41, 5.74) is 0. The maximum absolute atomic E-state index is 12.9. The van der Waals surface area contributed by atoms with E-state index in [-0.39, 0.29) is 17.9 Å². The van der Waals surface area contributed by atoms with Gasteiger partial charge in [-0.2, -0.15) is 0 Å². The zero-order valence-electron chi connectivity index (χ0n) is 12.6. The summed E-state index contributed by atoms with van der Waals surface area (Å²) in [6.07, 6.45) is 8.00. The van der Waals surface area contributed by atoms with E-state index >= 15 is 0 Å². The van der Waals surface area contributed by atoms with E-state index in [0.717, 1.165) is 45.1 Å². The fourth-order valence-corrected chi connectivity index (χ4v) is 4.47. The number of carboxylic acids is 1. The Morgan fingerprint density at radius 2 is 1.81 bits per heavy atom. The number of hydrogen-bond donors (Lipinski definition) is 2. The minimum absolute atomic E-state index is 0.0266.